The number of rotatable bonds is 29. The molecule has 0 aromatic carbocycles. The maximum absolute atomic E-state index is 2.37. The second-order valence-corrected chi connectivity index (χ2v) is 16.1. The van der Waals surface area contributed by atoms with Gasteiger partial charge in [0.25, 0.3) is 0 Å². The Morgan fingerprint density at radius 2 is 0.412 bits per heavy atom. The van der Waals surface area contributed by atoms with Gasteiger partial charge in [0.1, 0.15) is 0 Å². The molecule has 0 atom stereocenters. The van der Waals surface area contributed by atoms with Crippen LogP contribution in [0.1, 0.15) is 188 Å². The third kappa shape index (κ3) is 22.9. The summed E-state index contributed by atoms with van der Waals surface area (Å²) >= 11 is 0. The van der Waals surface area contributed by atoms with Gasteiger partial charge in [-0.05, 0) is 51.4 Å². The Labute approximate surface area is 220 Å². The van der Waals surface area contributed by atoms with E-state index in [2.05, 4.69) is 27.7 Å². The topological polar surface area (TPSA) is 0 Å². The van der Waals surface area contributed by atoms with Crippen LogP contribution < -0.4 is 0 Å². The first-order valence-corrected chi connectivity index (χ1v) is 19.1. The molecule has 0 radical (unpaired) electrons. The standard InChI is InChI=1S/C33H70P/c1-5-9-13-17-18-19-20-21-22-23-24-25-29-33-34(30-26-14-10-6-2,31-27-15-11-7-3)32-28-16-12-8-4/h5-33H2,1-4H3/q+1. The van der Waals surface area contributed by atoms with Gasteiger partial charge in [-0.25, -0.2) is 0 Å². The van der Waals surface area contributed by atoms with Crippen LogP contribution in [0.3, 0.4) is 0 Å². The first kappa shape index (κ1) is 34.4. The lowest BCUT2D eigenvalue weighted by atomic mass is 10.1. The molecule has 0 aliphatic heterocycles. The molecule has 0 rings (SSSR count). The second kappa shape index (κ2) is 28.0. The van der Waals surface area contributed by atoms with E-state index in [-0.39, 0.29) is 0 Å². The summed E-state index contributed by atoms with van der Waals surface area (Å²) in [4.78, 5) is 0. The highest BCUT2D eigenvalue weighted by Crippen LogP contribution is 2.61. The van der Waals surface area contributed by atoms with Crippen LogP contribution in [-0.2, 0) is 0 Å². The summed E-state index contributed by atoms with van der Waals surface area (Å²) in [7, 11) is -0.699. The normalized spacial score (nSPS) is 12.0. The van der Waals surface area contributed by atoms with E-state index in [0.717, 1.165) is 0 Å². The van der Waals surface area contributed by atoms with Crippen LogP contribution in [0.5, 0.6) is 0 Å². The Balaban J connectivity index is 4.28. The molecule has 0 unspecified atom stereocenters. The summed E-state index contributed by atoms with van der Waals surface area (Å²) in [6.45, 7) is 9.42. The van der Waals surface area contributed by atoms with Crippen LogP contribution >= 0.6 is 7.26 Å². The molecular formula is C33H70P+. The molecule has 0 N–H and O–H groups in total. The molecule has 0 spiro atoms. The van der Waals surface area contributed by atoms with Crippen LogP contribution in [0.2, 0.25) is 0 Å². The van der Waals surface area contributed by atoms with Crippen molar-refractivity contribution in [3.63, 3.8) is 0 Å². The highest BCUT2D eigenvalue weighted by Gasteiger charge is 2.34. The largest absolute Gasteiger partial charge is 0.0654 e. The van der Waals surface area contributed by atoms with Crippen molar-refractivity contribution in [2.45, 2.75) is 188 Å². The molecule has 0 saturated carbocycles. The van der Waals surface area contributed by atoms with Gasteiger partial charge in [-0.3, -0.25) is 0 Å². The van der Waals surface area contributed by atoms with Gasteiger partial charge in [0.2, 0.25) is 0 Å². The van der Waals surface area contributed by atoms with Crippen molar-refractivity contribution in [1.82, 2.24) is 0 Å². The average Bonchev–Trinajstić information content (AvgIpc) is 2.85. The minimum absolute atomic E-state index is 0.699. The maximum atomic E-state index is 2.37. The highest BCUT2D eigenvalue weighted by molar-refractivity contribution is 7.75. The molecule has 0 aromatic rings. The molecule has 0 heterocycles. The van der Waals surface area contributed by atoms with Crippen molar-refractivity contribution in [1.29, 1.82) is 0 Å². The Morgan fingerprint density at radius 3 is 0.647 bits per heavy atom. The Morgan fingerprint density at radius 1 is 0.235 bits per heavy atom. The van der Waals surface area contributed by atoms with E-state index in [9.17, 15) is 0 Å². The van der Waals surface area contributed by atoms with Crippen molar-refractivity contribution in [2.24, 2.45) is 0 Å². The third-order valence-electron chi connectivity index (χ3n) is 8.19. The molecule has 34 heavy (non-hydrogen) atoms. The van der Waals surface area contributed by atoms with Crippen molar-refractivity contribution in [3.8, 4) is 0 Å². The van der Waals surface area contributed by atoms with Gasteiger partial charge in [0.05, 0.1) is 24.6 Å². The van der Waals surface area contributed by atoms with E-state index in [1.165, 1.54) is 135 Å². The number of hydrogen-bond acceptors (Lipinski definition) is 0. The second-order valence-electron chi connectivity index (χ2n) is 11.7. The smallest absolute Gasteiger partial charge is 0.0594 e. The maximum Gasteiger partial charge on any atom is 0.0594 e. The van der Waals surface area contributed by atoms with Gasteiger partial charge >= 0.3 is 0 Å². The Hall–Kier alpha value is 0.430. The SMILES string of the molecule is CCCCCCCCCCCCCCC[P+](CCCCCC)(CCCCCC)CCCCCC. The van der Waals surface area contributed by atoms with Gasteiger partial charge in [-0.15, -0.1) is 0 Å². The molecule has 206 valence electrons. The fraction of sp³-hybridized carbons (Fsp3) is 1.00. The molecule has 0 fully saturated rings. The number of unbranched alkanes of at least 4 members (excludes halogenated alkanes) is 21. The number of hydrogen-bond donors (Lipinski definition) is 0. The van der Waals surface area contributed by atoms with E-state index < -0.39 is 7.26 Å². The van der Waals surface area contributed by atoms with Gasteiger partial charge in [0.15, 0.2) is 0 Å². The van der Waals surface area contributed by atoms with E-state index in [1.54, 1.807) is 50.3 Å². The highest BCUT2D eigenvalue weighted by atomic mass is 31.2. The summed E-state index contributed by atoms with van der Waals surface area (Å²) in [5.41, 5.74) is 0. The molecule has 0 aliphatic rings. The average molecular weight is 498 g/mol. The van der Waals surface area contributed by atoms with Crippen molar-refractivity contribution < 1.29 is 0 Å². The van der Waals surface area contributed by atoms with E-state index in [1.807, 2.05) is 0 Å². The quantitative estimate of drug-likeness (QED) is 0.0711. The van der Waals surface area contributed by atoms with Crippen LogP contribution in [0.25, 0.3) is 0 Å². The summed E-state index contributed by atoms with van der Waals surface area (Å²) in [6, 6.07) is 0. The third-order valence-corrected chi connectivity index (χ3v) is 13.3. The first-order chi connectivity index (χ1) is 16.7. The Kier molecular flexibility index (Phi) is 28.4. The lowest BCUT2D eigenvalue weighted by Gasteiger charge is -2.28. The summed E-state index contributed by atoms with van der Waals surface area (Å²) in [5.74, 6) is 0. The van der Waals surface area contributed by atoms with E-state index >= 15 is 0 Å². The molecule has 0 nitrogen and oxygen atoms in total. The Bertz CT molecular complexity index is 332. The monoisotopic (exact) mass is 498 g/mol. The minimum atomic E-state index is -0.699. The summed E-state index contributed by atoms with van der Waals surface area (Å²) in [6.07, 6.45) is 43.6. The van der Waals surface area contributed by atoms with Crippen LogP contribution in [0.4, 0.5) is 0 Å². The van der Waals surface area contributed by atoms with Crippen LogP contribution in [0, 0.1) is 0 Å². The van der Waals surface area contributed by atoms with Crippen molar-refractivity contribution in [2.75, 3.05) is 24.6 Å². The molecular weight excluding hydrogens is 427 g/mol. The minimum Gasteiger partial charge on any atom is -0.0654 e. The predicted octanol–water partition coefficient (Wildman–Crippen LogP) is 12.8. The van der Waals surface area contributed by atoms with Gasteiger partial charge in [-0.2, -0.15) is 0 Å². The lowest BCUT2D eigenvalue weighted by molar-refractivity contribution is 0.542. The van der Waals surface area contributed by atoms with Crippen molar-refractivity contribution >= 4 is 7.26 Å². The van der Waals surface area contributed by atoms with E-state index in [4.69, 9.17) is 0 Å². The zero-order valence-electron chi connectivity index (χ0n) is 25.0. The zero-order valence-corrected chi connectivity index (χ0v) is 25.8. The molecule has 0 amide bonds. The molecule has 0 aliphatic carbocycles. The fourth-order valence-electron chi connectivity index (χ4n) is 5.76. The lowest BCUT2D eigenvalue weighted by Crippen LogP contribution is -2.13. The van der Waals surface area contributed by atoms with Gasteiger partial charge < -0.3 is 0 Å². The van der Waals surface area contributed by atoms with Crippen LogP contribution in [0.15, 0.2) is 0 Å². The van der Waals surface area contributed by atoms with Gasteiger partial charge in [0, 0.05) is 7.26 Å². The summed E-state index contributed by atoms with van der Waals surface area (Å²) in [5, 5.41) is 0. The molecule has 0 aromatic heterocycles. The predicted molar refractivity (Wildman–Crippen MR) is 165 cm³/mol. The molecule has 0 saturated heterocycles. The fourth-order valence-corrected chi connectivity index (χ4v) is 10.7. The van der Waals surface area contributed by atoms with Crippen LogP contribution in [-0.4, -0.2) is 24.6 Å². The zero-order chi connectivity index (χ0) is 25.0. The van der Waals surface area contributed by atoms with Crippen molar-refractivity contribution in [3.05, 3.63) is 0 Å². The van der Waals surface area contributed by atoms with Gasteiger partial charge in [-0.1, -0.05) is 137 Å². The first-order valence-electron chi connectivity index (χ1n) is 16.6. The molecule has 0 bridgehead atoms. The summed E-state index contributed by atoms with van der Waals surface area (Å²) < 4.78 is 0. The molecule has 1 heteroatoms. The van der Waals surface area contributed by atoms with E-state index in [0.29, 0.717) is 0 Å².